The van der Waals surface area contributed by atoms with E-state index in [0.29, 0.717) is 12.8 Å². The van der Waals surface area contributed by atoms with E-state index in [1.807, 2.05) is 43.2 Å². The topological polar surface area (TPSA) is 46.9 Å². The number of thioether (sulfide) groups is 1. The Morgan fingerprint density at radius 1 is 1.55 bits per heavy atom. The van der Waals surface area contributed by atoms with E-state index in [4.69, 9.17) is 11.6 Å². The summed E-state index contributed by atoms with van der Waals surface area (Å²) >= 11 is 7.91. The fraction of sp³-hybridized carbons (Fsp3) is 0.375. The molecule has 0 spiro atoms. The molecule has 22 heavy (non-hydrogen) atoms. The van der Waals surface area contributed by atoms with Crippen LogP contribution in [0.1, 0.15) is 30.0 Å². The number of nitrogens with zero attached hydrogens (tertiary/aromatic N) is 2. The van der Waals surface area contributed by atoms with E-state index in [-0.39, 0.29) is 11.9 Å². The van der Waals surface area contributed by atoms with Crippen molar-refractivity contribution in [2.45, 2.75) is 30.2 Å². The average molecular weight is 336 g/mol. The lowest BCUT2D eigenvalue weighted by Crippen LogP contribution is -2.30. The molecule has 2 aromatic rings. The highest BCUT2D eigenvalue weighted by molar-refractivity contribution is 7.99. The quantitative estimate of drug-likeness (QED) is 0.932. The summed E-state index contributed by atoms with van der Waals surface area (Å²) in [6, 6.07) is 5.97. The minimum atomic E-state index is 0.0661. The normalized spacial score (nSPS) is 17.1. The molecule has 6 heteroatoms. The van der Waals surface area contributed by atoms with Crippen molar-refractivity contribution in [2.75, 3.05) is 5.75 Å². The third kappa shape index (κ3) is 3.65. The van der Waals surface area contributed by atoms with Gasteiger partial charge in [-0.2, -0.15) is 5.10 Å². The average Bonchev–Trinajstić information content (AvgIpc) is 2.91. The molecule has 1 aliphatic rings. The number of aryl methyl sites for hydroxylation is 2. The molecule has 1 N–H and O–H groups in total. The number of hydrogen-bond donors (Lipinski definition) is 1. The van der Waals surface area contributed by atoms with E-state index in [1.165, 1.54) is 4.90 Å². The molecule has 1 amide bonds. The Kier molecular flexibility index (Phi) is 4.74. The number of halogens is 1. The van der Waals surface area contributed by atoms with E-state index in [1.54, 1.807) is 10.9 Å². The Morgan fingerprint density at radius 2 is 2.41 bits per heavy atom. The second-order valence-electron chi connectivity index (χ2n) is 5.46. The number of fused-ring (bicyclic) bond motifs is 1. The van der Waals surface area contributed by atoms with Gasteiger partial charge in [0.25, 0.3) is 0 Å². The van der Waals surface area contributed by atoms with Crippen molar-refractivity contribution in [3.05, 3.63) is 46.7 Å². The molecule has 3 rings (SSSR count). The van der Waals surface area contributed by atoms with Crippen LogP contribution in [0, 0.1) is 0 Å². The van der Waals surface area contributed by atoms with Crippen LogP contribution < -0.4 is 5.32 Å². The molecule has 0 fully saturated rings. The lowest BCUT2D eigenvalue weighted by atomic mass is 10.0. The van der Waals surface area contributed by atoms with Crippen molar-refractivity contribution < 1.29 is 4.79 Å². The first kappa shape index (κ1) is 15.4. The molecule has 0 radical (unpaired) electrons. The van der Waals surface area contributed by atoms with E-state index in [2.05, 4.69) is 10.4 Å². The number of benzene rings is 1. The van der Waals surface area contributed by atoms with Crippen LogP contribution in [-0.2, 0) is 18.3 Å². The number of hydrogen-bond acceptors (Lipinski definition) is 3. The van der Waals surface area contributed by atoms with Crippen molar-refractivity contribution in [3.63, 3.8) is 0 Å². The van der Waals surface area contributed by atoms with Crippen LogP contribution in [0.4, 0.5) is 0 Å². The Hall–Kier alpha value is -1.46. The maximum Gasteiger partial charge on any atom is 0.220 e. The second kappa shape index (κ2) is 6.75. The third-order valence-corrected chi connectivity index (χ3v) is 5.10. The highest BCUT2D eigenvalue weighted by atomic mass is 35.5. The Labute approximate surface area is 139 Å². The van der Waals surface area contributed by atoms with Gasteiger partial charge < -0.3 is 5.32 Å². The highest BCUT2D eigenvalue weighted by Gasteiger charge is 2.22. The molecule has 0 saturated carbocycles. The van der Waals surface area contributed by atoms with Crippen LogP contribution >= 0.6 is 23.4 Å². The zero-order chi connectivity index (χ0) is 15.5. The predicted octanol–water partition coefficient (Wildman–Crippen LogP) is 3.36. The van der Waals surface area contributed by atoms with Crippen molar-refractivity contribution >= 4 is 29.3 Å². The number of carbonyl (C=O) groups excluding carboxylic acids is 1. The zero-order valence-corrected chi connectivity index (χ0v) is 14.0. The molecule has 0 aliphatic carbocycles. The molecule has 1 atom stereocenters. The highest BCUT2D eigenvalue weighted by Crippen LogP contribution is 2.37. The number of nitrogens with one attached hydrogen (secondary N) is 1. The first-order chi connectivity index (χ1) is 10.6. The summed E-state index contributed by atoms with van der Waals surface area (Å²) in [7, 11) is 1.88. The van der Waals surface area contributed by atoms with E-state index in [0.717, 1.165) is 28.3 Å². The van der Waals surface area contributed by atoms with Gasteiger partial charge in [0, 0.05) is 35.3 Å². The van der Waals surface area contributed by atoms with E-state index >= 15 is 0 Å². The molecule has 1 aliphatic heterocycles. The standard InChI is InChI=1S/C16H18ClN3OS/c1-20-10-11(9-18-20)2-5-16(21)19-14-6-7-22-15-4-3-12(17)8-13(14)15/h3-4,8-10,14H,2,5-7H2,1H3,(H,19,21). The van der Waals surface area contributed by atoms with Crippen LogP contribution in [0.3, 0.4) is 0 Å². The predicted molar refractivity (Wildman–Crippen MR) is 89.2 cm³/mol. The van der Waals surface area contributed by atoms with Gasteiger partial charge in [-0.15, -0.1) is 11.8 Å². The van der Waals surface area contributed by atoms with Gasteiger partial charge in [-0.25, -0.2) is 0 Å². The molecular weight excluding hydrogens is 318 g/mol. The molecule has 1 aromatic carbocycles. The van der Waals surface area contributed by atoms with Crippen LogP contribution in [0.15, 0.2) is 35.5 Å². The fourth-order valence-electron chi connectivity index (χ4n) is 2.64. The summed E-state index contributed by atoms with van der Waals surface area (Å²) < 4.78 is 1.75. The van der Waals surface area contributed by atoms with Gasteiger partial charge in [0.1, 0.15) is 0 Å². The second-order valence-corrected chi connectivity index (χ2v) is 7.03. The fourth-order valence-corrected chi connectivity index (χ4v) is 3.93. The van der Waals surface area contributed by atoms with Gasteiger partial charge >= 0.3 is 0 Å². The summed E-state index contributed by atoms with van der Waals surface area (Å²) in [5.41, 5.74) is 2.22. The summed E-state index contributed by atoms with van der Waals surface area (Å²) in [4.78, 5) is 13.4. The zero-order valence-electron chi connectivity index (χ0n) is 12.4. The third-order valence-electron chi connectivity index (χ3n) is 3.75. The lowest BCUT2D eigenvalue weighted by Gasteiger charge is -2.26. The summed E-state index contributed by atoms with van der Waals surface area (Å²) in [5.74, 6) is 1.09. The summed E-state index contributed by atoms with van der Waals surface area (Å²) in [5, 5.41) is 7.98. The Balaban J connectivity index is 1.61. The van der Waals surface area contributed by atoms with Crippen molar-refractivity contribution in [3.8, 4) is 0 Å². The molecule has 0 saturated heterocycles. The first-order valence-corrected chi connectivity index (χ1v) is 8.67. The van der Waals surface area contributed by atoms with Gasteiger partial charge in [-0.05, 0) is 42.2 Å². The molecule has 1 aromatic heterocycles. The first-order valence-electron chi connectivity index (χ1n) is 7.31. The van der Waals surface area contributed by atoms with Gasteiger partial charge in [0.2, 0.25) is 5.91 Å². The molecular formula is C16H18ClN3OS. The minimum Gasteiger partial charge on any atom is -0.349 e. The number of carbonyl (C=O) groups is 1. The van der Waals surface area contributed by atoms with Gasteiger partial charge in [-0.1, -0.05) is 11.6 Å². The van der Waals surface area contributed by atoms with Crippen molar-refractivity contribution in [2.24, 2.45) is 7.05 Å². The SMILES string of the molecule is Cn1cc(CCC(=O)NC2CCSc3ccc(Cl)cc32)cn1. The Morgan fingerprint density at radius 3 is 3.18 bits per heavy atom. The van der Waals surface area contributed by atoms with Crippen LogP contribution in [0.5, 0.6) is 0 Å². The number of amides is 1. The van der Waals surface area contributed by atoms with Gasteiger partial charge in [0.05, 0.1) is 12.2 Å². The molecule has 1 unspecified atom stereocenters. The lowest BCUT2D eigenvalue weighted by molar-refractivity contribution is -0.121. The van der Waals surface area contributed by atoms with Gasteiger partial charge in [0.15, 0.2) is 0 Å². The van der Waals surface area contributed by atoms with E-state index < -0.39 is 0 Å². The van der Waals surface area contributed by atoms with Crippen LogP contribution in [0.25, 0.3) is 0 Å². The maximum atomic E-state index is 12.2. The molecule has 2 heterocycles. The van der Waals surface area contributed by atoms with Gasteiger partial charge in [-0.3, -0.25) is 9.48 Å². The van der Waals surface area contributed by atoms with Crippen molar-refractivity contribution in [1.82, 2.24) is 15.1 Å². The molecule has 4 nitrogen and oxygen atoms in total. The maximum absolute atomic E-state index is 12.2. The van der Waals surface area contributed by atoms with Crippen molar-refractivity contribution in [1.29, 1.82) is 0 Å². The largest absolute Gasteiger partial charge is 0.349 e. The number of aromatic nitrogens is 2. The van der Waals surface area contributed by atoms with E-state index in [9.17, 15) is 4.79 Å². The summed E-state index contributed by atoms with van der Waals surface area (Å²) in [6.45, 7) is 0. The smallest absolute Gasteiger partial charge is 0.220 e. The number of rotatable bonds is 4. The van der Waals surface area contributed by atoms with Crippen LogP contribution in [-0.4, -0.2) is 21.4 Å². The summed E-state index contributed by atoms with van der Waals surface area (Å²) in [6.07, 6.45) is 5.88. The monoisotopic (exact) mass is 335 g/mol. The van der Waals surface area contributed by atoms with Crippen LogP contribution in [0.2, 0.25) is 5.02 Å². The molecule has 0 bridgehead atoms. The minimum absolute atomic E-state index is 0.0661. The molecule has 116 valence electrons. The Bertz CT molecular complexity index is 686.